The summed E-state index contributed by atoms with van der Waals surface area (Å²) < 4.78 is 42.5. The molecule has 154 valence electrons. The molecule has 0 aromatic heterocycles. The number of amides is 1. The topological polar surface area (TPSA) is 63.7 Å². The van der Waals surface area contributed by atoms with Crippen LogP contribution in [-0.4, -0.2) is 45.2 Å². The summed E-state index contributed by atoms with van der Waals surface area (Å²) in [4.78, 5) is 14.9. The average Bonchev–Trinajstić information content (AvgIpc) is 2.97. The van der Waals surface area contributed by atoms with Crippen LogP contribution >= 0.6 is 0 Å². The molecule has 0 fully saturated rings. The van der Waals surface area contributed by atoms with E-state index in [0.717, 1.165) is 35.8 Å². The monoisotopic (exact) mass is 409 g/mol. The molecule has 0 heterocycles. The maximum atomic E-state index is 14.9. The van der Waals surface area contributed by atoms with Crippen LogP contribution in [0.5, 0.6) is 0 Å². The van der Waals surface area contributed by atoms with Crippen molar-refractivity contribution in [1.82, 2.24) is 4.90 Å². The Balaban J connectivity index is 2.00. The molecule has 2 atom stereocenters. The van der Waals surface area contributed by atoms with E-state index in [0.29, 0.717) is 31.5 Å². The third kappa shape index (κ3) is 4.01. The predicted molar refractivity (Wildman–Crippen MR) is 107 cm³/mol. The van der Waals surface area contributed by atoms with E-state index < -0.39 is 10.1 Å². The van der Waals surface area contributed by atoms with Gasteiger partial charge in [0, 0.05) is 24.6 Å². The Morgan fingerprint density at radius 1 is 1.29 bits per heavy atom. The summed E-state index contributed by atoms with van der Waals surface area (Å²) >= 11 is 0. The van der Waals surface area contributed by atoms with E-state index in [4.69, 9.17) is 4.18 Å². The molecule has 0 bridgehead atoms. The number of hydrogen-bond donors (Lipinski definition) is 0. The van der Waals surface area contributed by atoms with Crippen molar-refractivity contribution in [3.05, 3.63) is 40.7 Å². The van der Waals surface area contributed by atoms with Crippen LogP contribution in [0.1, 0.15) is 56.6 Å². The van der Waals surface area contributed by atoms with Crippen LogP contribution in [0.2, 0.25) is 0 Å². The number of halogens is 1. The second-order valence-electron chi connectivity index (χ2n) is 7.47. The van der Waals surface area contributed by atoms with Crippen LogP contribution in [0.25, 0.3) is 5.57 Å². The molecule has 1 amide bonds. The van der Waals surface area contributed by atoms with Gasteiger partial charge in [0.05, 0.1) is 18.8 Å². The number of rotatable bonds is 7. The first-order valence-electron chi connectivity index (χ1n) is 9.93. The van der Waals surface area contributed by atoms with Crippen LogP contribution < -0.4 is 0 Å². The lowest BCUT2D eigenvalue weighted by Gasteiger charge is -2.30. The van der Waals surface area contributed by atoms with Crippen molar-refractivity contribution in [1.29, 1.82) is 0 Å². The van der Waals surface area contributed by atoms with Crippen molar-refractivity contribution in [3.63, 3.8) is 0 Å². The second-order valence-corrected chi connectivity index (χ2v) is 9.11. The van der Waals surface area contributed by atoms with Gasteiger partial charge in [-0.05, 0) is 56.7 Å². The van der Waals surface area contributed by atoms with Crippen molar-refractivity contribution >= 4 is 21.6 Å². The lowest BCUT2D eigenvalue weighted by molar-refractivity contribution is -0.133. The summed E-state index contributed by atoms with van der Waals surface area (Å²) in [6.45, 7) is 5.21. The van der Waals surface area contributed by atoms with E-state index in [9.17, 15) is 17.6 Å². The predicted octanol–water partition coefficient (Wildman–Crippen LogP) is 3.71. The number of nitrogens with zero attached hydrogens (tertiary/aromatic N) is 1. The SMILES string of the molecule is CCN(CC)C(=O)C1CCCC2=C1c1c(F)cccc1C2CCOS(C)(=O)=O. The normalized spacial score (nSPS) is 21.4. The van der Waals surface area contributed by atoms with Gasteiger partial charge in [-0.3, -0.25) is 8.98 Å². The Kier molecular flexibility index (Phi) is 6.25. The molecule has 0 N–H and O–H groups in total. The second kappa shape index (κ2) is 8.33. The van der Waals surface area contributed by atoms with Gasteiger partial charge in [0.15, 0.2) is 0 Å². The Labute approximate surface area is 166 Å². The van der Waals surface area contributed by atoms with Gasteiger partial charge in [0.25, 0.3) is 10.1 Å². The van der Waals surface area contributed by atoms with Crippen LogP contribution in [0.3, 0.4) is 0 Å². The van der Waals surface area contributed by atoms with E-state index in [1.165, 1.54) is 6.07 Å². The fourth-order valence-electron chi connectivity index (χ4n) is 4.65. The van der Waals surface area contributed by atoms with Crippen molar-refractivity contribution in [2.24, 2.45) is 5.92 Å². The lowest BCUT2D eigenvalue weighted by Crippen LogP contribution is -2.37. The van der Waals surface area contributed by atoms with Crippen molar-refractivity contribution < 1.29 is 21.8 Å². The summed E-state index contributed by atoms with van der Waals surface area (Å²) in [7, 11) is -3.52. The maximum Gasteiger partial charge on any atom is 0.264 e. The summed E-state index contributed by atoms with van der Waals surface area (Å²) in [5, 5.41) is 0. The van der Waals surface area contributed by atoms with E-state index in [-0.39, 0.29) is 30.2 Å². The van der Waals surface area contributed by atoms with E-state index >= 15 is 0 Å². The molecule has 2 unspecified atom stereocenters. The minimum absolute atomic E-state index is 0.0465. The van der Waals surface area contributed by atoms with Gasteiger partial charge in [-0.2, -0.15) is 8.42 Å². The molecular formula is C21H28FNO4S. The smallest absolute Gasteiger partial charge is 0.264 e. The molecular weight excluding hydrogens is 381 g/mol. The highest BCUT2D eigenvalue weighted by molar-refractivity contribution is 7.85. The zero-order valence-corrected chi connectivity index (χ0v) is 17.5. The molecule has 2 aliphatic carbocycles. The number of benzene rings is 1. The van der Waals surface area contributed by atoms with Gasteiger partial charge >= 0.3 is 0 Å². The van der Waals surface area contributed by atoms with Gasteiger partial charge < -0.3 is 4.90 Å². The number of carbonyl (C=O) groups excluding carboxylic acids is 1. The standard InChI is InChI=1S/C21H28FNO4S/c1-4-23(5-2)21(24)17-10-6-8-15-14(12-13-27-28(3,25)26)16-9-7-11-18(22)20(16)19(15)17/h7,9,11,14,17H,4-6,8,10,12-13H2,1-3H3. The molecule has 28 heavy (non-hydrogen) atoms. The summed E-state index contributed by atoms with van der Waals surface area (Å²) in [6.07, 6.45) is 3.87. The summed E-state index contributed by atoms with van der Waals surface area (Å²) in [6, 6.07) is 5.01. The Hall–Kier alpha value is -1.73. The van der Waals surface area contributed by atoms with E-state index in [1.807, 2.05) is 19.9 Å². The minimum Gasteiger partial charge on any atom is -0.343 e. The van der Waals surface area contributed by atoms with Gasteiger partial charge in [-0.15, -0.1) is 0 Å². The van der Waals surface area contributed by atoms with Crippen molar-refractivity contribution in [2.75, 3.05) is 26.0 Å². The van der Waals surface area contributed by atoms with Gasteiger partial charge in [-0.1, -0.05) is 17.7 Å². The molecule has 2 aliphatic rings. The Bertz CT molecular complexity index is 890. The first-order valence-corrected chi connectivity index (χ1v) is 11.7. The molecule has 1 aromatic rings. The average molecular weight is 410 g/mol. The van der Waals surface area contributed by atoms with Gasteiger partial charge in [0.1, 0.15) is 5.82 Å². The Morgan fingerprint density at radius 2 is 2.00 bits per heavy atom. The molecule has 1 aromatic carbocycles. The fourth-order valence-corrected chi connectivity index (χ4v) is 5.05. The zero-order chi connectivity index (χ0) is 20.5. The zero-order valence-electron chi connectivity index (χ0n) is 16.7. The molecule has 0 saturated heterocycles. The minimum atomic E-state index is -3.52. The maximum absolute atomic E-state index is 14.9. The molecule has 3 rings (SSSR count). The number of allylic oxidation sites excluding steroid dienone is 1. The van der Waals surface area contributed by atoms with Crippen LogP contribution in [0, 0.1) is 11.7 Å². The molecule has 0 spiro atoms. The summed E-state index contributed by atoms with van der Waals surface area (Å²) in [5.74, 6) is -0.690. The fraction of sp³-hybridized carbons (Fsp3) is 0.571. The van der Waals surface area contributed by atoms with E-state index in [2.05, 4.69) is 0 Å². The number of fused-ring (bicyclic) bond motifs is 2. The third-order valence-corrected chi connectivity index (χ3v) is 6.42. The highest BCUT2D eigenvalue weighted by atomic mass is 32.2. The first kappa shape index (κ1) is 21.0. The Morgan fingerprint density at radius 3 is 2.64 bits per heavy atom. The highest BCUT2D eigenvalue weighted by Gasteiger charge is 2.41. The largest absolute Gasteiger partial charge is 0.343 e. The molecule has 0 radical (unpaired) electrons. The van der Waals surface area contributed by atoms with Crippen LogP contribution in [0.15, 0.2) is 23.8 Å². The van der Waals surface area contributed by atoms with Crippen LogP contribution in [0.4, 0.5) is 4.39 Å². The molecule has 7 heteroatoms. The van der Waals surface area contributed by atoms with Crippen molar-refractivity contribution in [3.8, 4) is 0 Å². The lowest BCUT2D eigenvalue weighted by atomic mass is 9.79. The number of hydrogen-bond acceptors (Lipinski definition) is 4. The van der Waals surface area contributed by atoms with Gasteiger partial charge in [0.2, 0.25) is 5.91 Å². The molecule has 0 saturated carbocycles. The van der Waals surface area contributed by atoms with Crippen molar-refractivity contribution in [2.45, 2.75) is 45.4 Å². The molecule has 0 aliphatic heterocycles. The first-order chi connectivity index (χ1) is 13.3. The third-order valence-electron chi connectivity index (χ3n) is 5.82. The van der Waals surface area contributed by atoms with E-state index in [1.54, 1.807) is 11.0 Å². The van der Waals surface area contributed by atoms with Crippen LogP contribution in [-0.2, 0) is 19.1 Å². The highest BCUT2D eigenvalue weighted by Crippen LogP contribution is 2.53. The quantitative estimate of drug-likeness (QED) is 0.644. The number of carbonyl (C=O) groups is 1. The summed E-state index contributed by atoms with van der Waals surface area (Å²) in [5.41, 5.74) is 3.31. The molecule has 5 nitrogen and oxygen atoms in total. The van der Waals surface area contributed by atoms with Gasteiger partial charge in [-0.25, -0.2) is 4.39 Å².